The van der Waals surface area contributed by atoms with Crippen molar-refractivity contribution < 1.29 is 18.0 Å². The smallest absolute Gasteiger partial charge is 0.311 e. The van der Waals surface area contributed by atoms with Gasteiger partial charge in [-0.1, -0.05) is 30.3 Å². The fourth-order valence-electron chi connectivity index (χ4n) is 2.49. The number of aliphatic imine (C=N–C) groups is 1. The topological polar surface area (TPSA) is 44.7 Å². The molecule has 22 heavy (non-hydrogen) atoms. The first-order chi connectivity index (χ1) is 10.4. The Hall–Kier alpha value is -1.70. The Balaban J connectivity index is 2.08. The number of amides is 2. The maximum atomic E-state index is 13.8. The molecule has 0 aromatic heterocycles. The van der Waals surface area contributed by atoms with Crippen molar-refractivity contribution in [3.8, 4) is 0 Å². The number of fused-ring (bicyclic) bond motifs is 1. The van der Waals surface area contributed by atoms with E-state index in [0.717, 1.165) is 12.8 Å². The van der Waals surface area contributed by atoms with Gasteiger partial charge in [0.1, 0.15) is 0 Å². The number of urea groups is 1. The summed E-state index contributed by atoms with van der Waals surface area (Å²) in [4.78, 5) is 15.2. The normalized spacial score (nSPS) is 25.9. The molecular formula is C14H14F3N3OS. The second-order valence-electron chi connectivity index (χ2n) is 5.10. The van der Waals surface area contributed by atoms with Crippen LogP contribution in [-0.2, 0) is 4.87 Å². The standard InChI is InChI=1S/C14H14F3N3OS/c15-14(16,17)13(10-6-2-1-3-7-10)19-11(21)20-9-5-4-8-18-12(20)22-13/h1-3,6-7H,4-5,8-9H2,(H,19,21)/t13-/m1/s1. The summed E-state index contributed by atoms with van der Waals surface area (Å²) in [5.74, 6) is 0. The molecule has 1 aromatic carbocycles. The van der Waals surface area contributed by atoms with Crippen molar-refractivity contribution in [3.63, 3.8) is 0 Å². The van der Waals surface area contributed by atoms with E-state index in [9.17, 15) is 18.0 Å². The van der Waals surface area contributed by atoms with E-state index < -0.39 is 17.1 Å². The van der Waals surface area contributed by atoms with Crippen molar-refractivity contribution >= 4 is 23.0 Å². The quantitative estimate of drug-likeness (QED) is 0.859. The van der Waals surface area contributed by atoms with Gasteiger partial charge in [-0.25, -0.2) is 4.79 Å². The first-order valence-corrected chi connectivity index (χ1v) is 7.71. The highest BCUT2D eigenvalue weighted by molar-refractivity contribution is 8.14. The number of halogens is 3. The number of carbonyl (C=O) groups is 1. The van der Waals surface area contributed by atoms with Crippen LogP contribution in [0.2, 0.25) is 0 Å². The third-order valence-electron chi connectivity index (χ3n) is 3.62. The van der Waals surface area contributed by atoms with Gasteiger partial charge in [0.05, 0.1) is 0 Å². The van der Waals surface area contributed by atoms with E-state index in [0.29, 0.717) is 24.9 Å². The lowest BCUT2D eigenvalue weighted by atomic mass is 10.1. The summed E-state index contributed by atoms with van der Waals surface area (Å²) in [6.45, 7) is 0.829. The van der Waals surface area contributed by atoms with Crippen LogP contribution in [0.25, 0.3) is 0 Å². The van der Waals surface area contributed by atoms with Crippen molar-refractivity contribution in [1.82, 2.24) is 10.2 Å². The van der Waals surface area contributed by atoms with Crippen LogP contribution in [0, 0.1) is 0 Å². The van der Waals surface area contributed by atoms with Crippen LogP contribution < -0.4 is 5.32 Å². The molecular weight excluding hydrogens is 315 g/mol. The van der Waals surface area contributed by atoms with E-state index in [2.05, 4.69) is 10.3 Å². The van der Waals surface area contributed by atoms with Gasteiger partial charge in [-0.2, -0.15) is 13.2 Å². The summed E-state index contributed by atoms with van der Waals surface area (Å²) in [5.41, 5.74) is -0.00699. The maximum Gasteiger partial charge on any atom is 0.425 e. The van der Waals surface area contributed by atoms with Crippen molar-refractivity contribution in [1.29, 1.82) is 0 Å². The number of nitrogens with zero attached hydrogens (tertiary/aromatic N) is 2. The second-order valence-corrected chi connectivity index (χ2v) is 6.28. The Bertz CT molecular complexity index is 605. The van der Waals surface area contributed by atoms with Gasteiger partial charge in [0.2, 0.25) is 4.87 Å². The molecule has 2 amide bonds. The third-order valence-corrected chi connectivity index (χ3v) is 5.03. The van der Waals surface area contributed by atoms with Crippen LogP contribution in [0.3, 0.4) is 0 Å². The highest BCUT2D eigenvalue weighted by Gasteiger charge is 2.61. The highest BCUT2D eigenvalue weighted by Crippen LogP contribution is 2.50. The average molecular weight is 329 g/mol. The van der Waals surface area contributed by atoms with Gasteiger partial charge in [-0.15, -0.1) is 0 Å². The highest BCUT2D eigenvalue weighted by atomic mass is 32.2. The molecule has 1 aromatic rings. The predicted octanol–water partition coefficient (Wildman–Crippen LogP) is 3.31. The van der Waals surface area contributed by atoms with Gasteiger partial charge in [0.15, 0.2) is 5.17 Å². The van der Waals surface area contributed by atoms with Gasteiger partial charge in [-0.3, -0.25) is 9.89 Å². The fourth-order valence-corrected chi connectivity index (χ4v) is 3.71. The van der Waals surface area contributed by atoms with Crippen LogP contribution in [0.5, 0.6) is 0 Å². The van der Waals surface area contributed by atoms with E-state index in [4.69, 9.17) is 0 Å². The molecule has 1 atom stereocenters. The molecule has 4 nitrogen and oxygen atoms in total. The molecule has 1 saturated heterocycles. The van der Waals surface area contributed by atoms with Crippen LogP contribution in [0.15, 0.2) is 35.3 Å². The van der Waals surface area contributed by atoms with Gasteiger partial charge in [0, 0.05) is 13.1 Å². The predicted molar refractivity (Wildman–Crippen MR) is 78.5 cm³/mol. The molecule has 0 spiro atoms. The summed E-state index contributed by atoms with van der Waals surface area (Å²) in [7, 11) is 0. The number of amidine groups is 1. The zero-order valence-electron chi connectivity index (χ0n) is 11.6. The summed E-state index contributed by atoms with van der Waals surface area (Å²) < 4.78 is 41.4. The van der Waals surface area contributed by atoms with E-state index in [1.165, 1.54) is 29.2 Å². The number of hydrogen-bond donors (Lipinski definition) is 1. The zero-order chi connectivity index (χ0) is 15.8. The molecule has 2 heterocycles. The zero-order valence-corrected chi connectivity index (χ0v) is 12.4. The molecule has 3 rings (SSSR count). The lowest BCUT2D eigenvalue weighted by Gasteiger charge is -2.42. The van der Waals surface area contributed by atoms with Gasteiger partial charge in [0.25, 0.3) is 0 Å². The van der Waals surface area contributed by atoms with Crippen molar-refractivity contribution in [3.05, 3.63) is 35.9 Å². The van der Waals surface area contributed by atoms with E-state index in [1.807, 2.05) is 0 Å². The minimum absolute atomic E-state index is 0.00699. The number of benzene rings is 1. The Morgan fingerprint density at radius 1 is 1.23 bits per heavy atom. The molecule has 2 aliphatic heterocycles. The Morgan fingerprint density at radius 3 is 2.64 bits per heavy atom. The first kappa shape index (κ1) is 15.2. The molecule has 0 aliphatic carbocycles. The Labute approximate surface area is 129 Å². The van der Waals surface area contributed by atoms with Crippen LogP contribution in [0.1, 0.15) is 18.4 Å². The number of hydrogen-bond acceptors (Lipinski definition) is 3. The molecule has 1 fully saturated rings. The van der Waals surface area contributed by atoms with E-state index in [-0.39, 0.29) is 10.7 Å². The van der Waals surface area contributed by atoms with Crippen molar-refractivity contribution in [2.75, 3.05) is 13.1 Å². The largest absolute Gasteiger partial charge is 0.425 e. The molecule has 0 radical (unpaired) electrons. The Morgan fingerprint density at radius 2 is 1.95 bits per heavy atom. The second kappa shape index (κ2) is 5.49. The third kappa shape index (κ3) is 2.45. The average Bonchev–Trinajstić information content (AvgIpc) is 2.72. The van der Waals surface area contributed by atoms with Gasteiger partial charge >= 0.3 is 12.2 Å². The summed E-state index contributed by atoms with van der Waals surface area (Å²) in [6.07, 6.45) is -3.15. The molecule has 0 saturated carbocycles. The molecule has 0 unspecified atom stereocenters. The number of alkyl halides is 3. The first-order valence-electron chi connectivity index (χ1n) is 6.89. The lowest BCUT2D eigenvalue weighted by molar-refractivity contribution is -0.167. The van der Waals surface area contributed by atoms with Crippen LogP contribution in [-0.4, -0.2) is 35.4 Å². The SMILES string of the molecule is O=C1N[C@@](c2ccccc2)(C(F)(F)F)SC2=NCCCCN12. The van der Waals surface area contributed by atoms with E-state index >= 15 is 0 Å². The van der Waals surface area contributed by atoms with Crippen LogP contribution in [0.4, 0.5) is 18.0 Å². The summed E-state index contributed by atoms with van der Waals surface area (Å²) in [6, 6.07) is 6.67. The van der Waals surface area contributed by atoms with Crippen molar-refractivity contribution in [2.45, 2.75) is 23.9 Å². The number of nitrogens with one attached hydrogen (secondary N) is 1. The van der Waals surface area contributed by atoms with Crippen molar-refractivity contribution in [2.24, 2.45) is 4.99 Å². The number of thioether (sulfide) groups is 1. The van der Waals surface area contributed by atoms with E-state index in [1.54, 1.807) is 6.07 Å². The summed E-state index contributed by atoms with van der Waals surface area (Å²) >= 11 is 0.559. The Kier molecular flexibility index (Phi) is 3.80. The number of carbonyl (C=O) groups excluding carboxylic acids is 1. The number of rotatable bonds is 1. The van der Waals surface area contributed by atoms with Crippen LogP contribution >= 0.6 is 11.8 Å². The minimum Gasteiger partial charge on any atom is -0.311 e. The lowest BCUT2D eigenvalue weighted by Crippen LogP contribution is -2.62. The maximum absolute atomic E-state index is 13.8. The van der Waals surface area contributed by atoms with Gasteiger partial charge < -0.3 is 5.32 Å². The minimum atomic E-state index is -4.64. The summed E-state index contributed by atoms with van der Waals surface area (Å²) in [5, 5.41) is 2.30. The monoisotopic (exact) mass is 329 g/mol. The molecule has 8 heteroatoms. The molecule has 2 aliphatic rings. The fraction of sp³-hybridized carbons (Fsp3) is 0.429. The molecule has 118 valence electrons. The molecule has 1 N–H and O–H groups in total. The van der Waals surface area contributed by atoms with Gasteiger partial charge in [-0.05, 0) is 30.2 Å². The molecule has 0 bridgehead atoms.